The third-order valence-electron chi connectivity index (χ3n) is 9.18. The quantitative estimate of drug-likeness (QED) is 0.691. The second-order valence-corrected chi connectivity index (χ2v) is 12.2. The molecule has 4 rings (SSSR count). The van der Waals surface area contributed by atoms with Gasteiger partial charge in [-0.3, -0.25) is 4.28 Å². The molecule has 4 aliphatic carbocycles. The Balaban J connectivity index is 1.65. The van der Waals surface area contributed by atoms with Gasteiger partial charge in [0.15, 0.2) is 0 Å². The number of oxime groups is 1. The van der Waals surface area contributed by atoms with Crippen molar-refractivity contribution in [1.82, 2.24) is 0 Å². The fraction of sp³-hybridized carbons (Fsp3) is 0.864. The maximum absolute atomic E-state index is 11.3. The van der Waals surface area contributed by atoms with Gasteiger partial charge >= 0.3 is 10.1 Å². The van der Waals surface area contributed by atoms with E-state index in [1.54, 1.807) is 0 Å². The highest BCUT2D eigenvalue weighted by atomic mass is 32.2. The Kier molecular flexibility index (Phi) is 4.59. The monoisotopic (exact) mass is 409 g/mol. The van der Waals surface area contributed by atoms with E-state index in [-0.39, 0.29) is 10.8 Å². The highest BCUT2D eigenvalue weighted by Gasteiger charge is 2.63. The van der Waals surface area contributed by atoms with Gasteiger partial charge < -0.3 is 5.11 Å². The number of aliphatic hydroxyl groups is 1. The van der Waals surface area contributed by atoms with Gasteiger partial charge in [-0.05, 0) is 92.4 Å². The standard InChI is InChI=1S/C22H35NO4S/c1-14-12-15-13-16(23-27-28(5,25)26)6-9-20(15,2)17-7-10-21(3)18(19(14)17)8-11-22(21,4)24/h13-14,17-19,24H,6-12H2,1-5H3/b23-16+/t14-,17-,18-,19+,20-,21-,22-/m0/s1. The molecule has 0 radical (unpaired) electrons. The molecule has 158 valence electrons. The highest BCUT2D eigenvalue weighted by Crippen LogP contribution is 2.68. The Morgan fingerprint density at radius 2 is 1.82 bits per heavy atom. The molecule has 0 unspecified atom stereocenters. The van der Waals surface area contributed by atoms with E-state index in [4.69, 9.17) is 4.28 Å². The van der Waals surface area contributed by atoms with Crippen LogP contribution in [0, 0.1) is 34.5 Å². The second kappa shape index (κ2) is 6.31. The van der Waals surface area contributed by atoms with Crippen molar-refractivity contribution in [3.05, 3.63) is 11.6 Å². The predicted octanol–water partition coefficient (Wildman–Crippen LogP) is 4.28. The number of rotatable bonds is 2. The van der Waals surface area contributed by atoms with E-state index in [0.29, 0.717) is 23.7 Å². The number of nitrogens with zero attached hydrogens (tertiary/aromatic N) is 1. The van der Waals surface area contributed by atoms with Gasteiger partial charge in [0.25, 0.3) is 0 Å². The Bertz CT molecular complexity index is 829. The van der Waals surface area contributed by atoms with Gasteiger partial charge in [0.1, 0.15) is 0 Å². The van der Waals surface area contributed by atoms with Crippen molar-refractivity contribution in [2.75, 3.05) is 6.26 Å². The highest BCUT2D eigenvalue weighted by molar-refractivity contribution is 7.85. The van der Waals surface area contributed by atoms with Gasteiger partial charge in [-0.15, -0.1) is 0 Å². The Labute approximate surface area is 169 Å². The van der Waals surface area contributed by atoms with Crippen LogP contribution in [0.2, 0.25) is 0 Å². The van der Waals surface area contributed by atoms with Crippen LogP contribution in [0.25, 0.3) is 0 Å². The topological polar surface area (TPSA) is 76.0 Å². The maximum atomic E-state index is 11.3. The smallest absolute Gasteiger partial charge is 0.325 e. The number of allylic oxidation sites excluding steroid dienone is 2. The zero-order valence-corrected chi connectivity index (χ0v) is 18.7. The summed E-state index contributed by atoms with van der Waals surface area (Å²) in [6.45, 7) is 9.16. The molecule has 0 amide bonds. The first kappa shape index (κ1) is 20.4. The SMILES string of the molecule is C[C@H]1CC2=C/C(=N/OS(C)(=O)=O)CC[C@]2(C)[C@H]2CC[C@@]3(C)[C@@H](CC[C@]3(C)O)[C@H]12. The molecule has 0 aliphatic heterocycles. The molecule has 0 aromatic heterocycles. The molecule has 0 heterocycles. The van der Waals surface area contributed by atoms with Crippen LogP contribution < -0.4 is 0 Å². The minimum Gasteiger partial charge on any atom is -0.390 e. The molecule has 5 nitrogen and oxygen atoms in total. The van der Waals surface area contributed by atoms with Gasteiger partial charge in [-0.2, -0.15) is 8.42 Å². The zero-order chi connectivity index (χ0) is 20.5. The van der Waals surface area contributed by atoms with E-state index in [2.05, 4.69) is 38.9 Å². The predicted molar refractivity (Wildman–Crippen MR) is 110 cm³/mol. The lowest BCUT2D eigenvalue weighted by atomic mass is 9.44. The van der Waals surface area contributed by atoms with Crippen LogP contribution in [0.3, 0.4) is 0 Å². The van der Waals surface area contributed by atoms with Gasteiger partial charge in [-0.25, -0.2) is 0 Å². The maximum Gasteiger partial charge on any atom is 0.325 e. The van der Waals surface area contributed by atoms with Crippen LogP contribution in [-0.4, -0.2) is 31.1 Å². The molecule has 28 heavy (non-hydrogen) atoms. The average molecular weight is 410 g/mol. The molecular formula is C22H35NO4S. The summed E-state index contributed by atoms with van der Waals surface area (Å²) in [5.74, 6) is 2.45. The minimum atomic E-state index is -3.57. The van der Waals surface area contributed by atoms with Crippen LogP contribution in [0.1, 0.15) is 72.6 Å². The molecule has 7 atom stereocenters. The van der Waals surface area contributed by atoms with Crippen molar-refractivity contribution >= 4 is 15.8 Å². The lowest BCUT2D eigenvalue weighted by Gasteiger charge is -2.61. The molecule has 0 bridgehead atoms. The average Bonchev–Trinajstić information content (AvgIpc) is 2.83. The summed E-state index contributed by atoms with van der Waals surface area (Å²) in [7, 11) is -3.57. The Morgan fingerprint density at radius 3 is 2.50 bits per heavy atom. The first-order valence-electron chi connectivity index (χ1n) is 10.8. The van der Waals surface area contributed by atoms with Crippen LogP contribution in [0.15, 0.2) is 16.8 Å². The fourth-order valence-corrected chi connectivity index (χ4v) is 7.58. The van der Waals surface area contributed by atoms with Crippen LogP contribution >= 0.6 is 0 Å². The van der Waals surface area contributed by atoms with Crippen molar-refractivity contribution in [3.63, 3.8) is 0 Å². The fourth-order valence-electron chi connectivity index (χ4n) is 7.35. The number of fused-ring (bicyclic) bond motifs is 5. The molecule has 0 spiro atoms. The van der Waals surface area contributed by atoms with Gasteiger partial charge in [-0.1, -0.05) is 31.5 Å². The van der Waals surface area contributed by atoms with Crippen molar-refractivity contribution in [1.29, 1.82) is 0 Å². The Morgan fingerprint density at radius 1 is 1.14 bits per heavy atom. The number of hydrogen-bond donors (Lipinski definition) is 1. The summed E-state index contributed by atoms with van der Waals surface area (Å²) in [4.78, 5) is 0. The zero-order valence-electron chi connectivity index (χ0n) is 17.9. The molecule has 4 aliphatic rings. The molecule has 1 N–H and O–H groups in total. The first-order valence-corrected chi connectivity index (χ1v) is 12.6. The summed E-state index contributed by atoms with van der Waals surface area (Å²) in [5.41, 5.74) is 1.79. The van der Waals surface area contributed by atoms with Gasteiger partial charge in [0.2, 0.25) is 0 Å². The summed E-state index contributed by atoms with van der Waals surface area (Å²) >= 11 is 0. The summed E-state index contributed by atoms with van der Waals surface area (Å²) in [6.07, 6.45) is 10.2. The lowest BCUT2D eigenvalue weighted by Crippen LogP contribution is -2.56. The van der Waals surface area contributed by atoms with E-state index in [1.807, 2.05) is 0 Å². The largest absolute Gasteiger partial charge is 0.390 e. The van der Waals surface area contributed by atoms with Gasteiger partial charge in [0.05, 0.1) is 17.6 Å². The number of hydrogen-bond acceptors (Lipinski definition) is 5. The third kappa shape index (κ3) is 2.97. The summed E-state index contributed by atoms with van der Waals surface area (Å²) < 4.78 is 27.3. The van der Waals surface area contributed by atoms with Crippen molar-refractivity contribution in [2.24, 2.45) is 39.7 Å². The molecule has 0 aromatic rings. The second-order valence-electron chi connectivity index (χ2n) is 10.7. The normalized spacial score (nSPS) is 49.8. The van der Waals surface area contributed by atoms with E-state index >= 15 is 0 Å². The van der Waals surface area contributed by atoms with Crippen molar-refractivity contribution in [3.8, 4) is 0 Å². The molecule has 0 saturated heterocycles. The van der Waals surface area contributed by atoms with E-state index in [0.717, 1.165) is 56.9 Å². The molecular weight excluding hydrogens is 374 g/mol. The van der Waals surface area contributed by atoms with E-state index in [1.165, 1.54) is 5.57 Å². The van der Waals surface area contributed by atoms with E-state index < -0.39 is 15.7 Å². The summed E-state index contributed by atoms with van der Waals surface area (Å²) in [6, 6.07) is 0. The lowest BCUT2D eigenvalue weighted by molar-refractivity contribution is -0.128. The van der Waals surface area contributed by atoms with Crippen molar-refractivity contribution in [2.45, 2.75) is 78.2 Å². The molecule has 0 aromatic carbocycles. The minimum absolute atomic E-state index is 0.0324. The van der Waals surface area contributed by atoms with E-state index in [9.17, 15) is 13.5 Å². The first-order chi connectivity index (χ1) is 12.9. The van der Waals surface area contributed by atoms with Crippen LogP contribution in [0.5, 0.6) is 0 Å². The van der Waals surface area contributed by atoms with Crippen LogP contribution in [0.4, 0.5) is 0 Å². The summed E-state index contributed by atoms with van der Waals surface area (Å²) in [5, 5.41) is 15.0. The molecule has 3 saturated carbocycles. The Hall–Kier alpha value is -0.880. The third-order valence-corrected chi connectivity index (χ3v) is 9.52. The van der Waals surface area contributed by atoms with Crippen molar-refractivity contribution < 1.29 is 17.8 Å². The van der Waals surface area contributed by atoms with Crippen LogP contribution in [-0.2, 0) is 14.4 Å². The molecule has 6 heteroatoms. The molecule has 3 fully saturated rings. The van der Waals surface area contributed by atoms with Gasteiger partial charge in [0, 0.05) is 0 Å².